The van der Waals surface area contributed by atoms with Crippen LogP contribution in [0.15, 0.2) is 0 Å². The molecular formula is C33H66NO9P. The summed E-state index contributed by atoms with van der Waals surface area (Å²) in [5.74, 6) is -1.78. The summed E-state index contributed by atoms with van der Waals surface area (Å²) in [6, 6.07) is -1.47. The van der Waals surface area contributed by atoms with E-state index in [0.29, 0.717) is 6.61 Å². The van der Waals surface area contributed by atoms with Gasteiger partial charge in [-0.25, -0.2) is 4.57 Å². The number of phosphoric ester groups is 1. The monoisotopic (exact) mass is 651 g/mol. The van der Waals surface area contributed by atoms with E-state index in [1.165, 1.54) is 103 Å². The second-order valence-electron chi connectivity index (χ2n) is 12.0. The highest BCUT2D eigenvalue weighted by Gasteiger charge is 2.27. The molecule has 0 aliphatic carbocycles. The van der Waals surface area contributed by atoms with Crippen LogP contribution >= 0.6 is 7.82 Å². The molecule has 10 nitrogen and oxygen atoms in total. The average Bonchev–Trinajstić information content (AvgIpc) is 2.99. The van der Waals surface area contributed by atoms with E-state index in [-0.39, 0.29) is 13.0 Å². The number of rotatable bonds is 34. The number of carbonyl (C=O) groups is 2. The Morgan fingerprint density at radius 2 is 1.05 bits per heavy atom. The van der Waals surface area contributed by atoms with E-state index < -0.39 is 45.1 Å². The van der Waals surface area contributed by atoms with Gasteiger partial charge in [0.05, 0.1) is 19.8 Å². The van der Waals surface area contributed by atoms with E-state index in [1.54, 1.807) is 0 Å². The highest BCUT2D eigenvalue weighted by Crippen LogP contribution is 2.43. The second-order valence-corrected chi connectivity index (χ2v) is 13.5. The number of hydrogen-bond donors (Lipinski definition) is 3. The normalized spacial score (nSPS) is 14.3. The molecule has 3 atom stereocenters. The number of hydrogen-bond acceptors (Lipinski definition) is 8. The van der Waals surface area contributed by atoms with Crippen LogP contribution in [-0.2, 0) is 32.7 Å². The highest BCUT2D eigenvalue weighted by molar-refractivity contribution is 7.47. The van der Waals surface area contributed by atoms with Gasteiger partial charge in [0.25, 0.3) is 0 Å². The maximum atomic E-state index is 12.5. The lowest BCUT2D eigenvalue weighted by molar-refractivity contribution is -0.154. The molecule has 11 heteroatoms. The van der Waals surface area contributed by atoms with Crippen molar-refractivity contribution < 1.29 is 42.7 Å². The van der Waals surface area contributed by atoms with Gasteiger partial charge in [-0.05, 0) is 12.8 Å². The quantitative estimate of drug-likeness (QED) is 0.0350. The van der Waals surface area contributed by atoms with E-state index in [2.05, 4.69) is 18.4 Å². The van der Waals surface area contributed by atoms with Crippen molar-refractivity contribution in [2.24, 2.45) is 5.73 Å². The summed E-state index contributed by atoms with van der Waals surface area (Å²) in [6.07, 6.45) is 25.9. The lowest BCUT2D eigenvalue weighted by Gasteiger charge is -2.20. The minimum atomic E-state index is -4.59. The molecule has 0 saturated carbocycles. The van der Waals surface area contributed by atoms with Crippen LogP contribution in [-0.4, -0.2) is 60.5 Å². The van der Waals surface area contributed by atoms with Gasteiger partial charge in [-0.3, -0.25) is 18.6 Å². The van der Waals surface area contributed by atoms with Crippen LogP contribution in [0.1, 0.15) is 162 Å². The average molecular weight is 652 g/mol. The van der Waals surface area contributed by atoms with Gasteiger partial charge in [-0.15, -0.1) is 0 Å². The Hall–Kier alpha value is -1.03. The summed E-state index contributed by atoms with van der Waals surface area (Å²) in [7, 11) is -4.59. The maximum absolute atomic E-state index is 12.5. The van der Waals surface area contributed by atoms with Gasteiger partial charge >= 0.3 is 19.8 Å². The summed E-state index contributed by atoms with van der Waals surface area (Å²) < 4.78 is 33.1. The first-order chi connectivity index (χ1) is 21.2. The second kappa shape index (κ2) is 30.6. The van der Waals surface area contributed by atoms with Crippen molar-refractivity contribution in [1.82, 2.24) is 0 Å². The summed E-state index contributed by atoms with van der Waals surface area (Å²) in [5, 5.41) is 8.83. The number of unbranched alkanes of at least 4 members (excludes halogenated alkanes) is 20. The lowest BCUT2D eigenvalue weighted by Crippen LogP contribution is -2.34. The van der Waals surface area contributed by atoms with Crippen LogP contribution < -0.4 is 5.73 Å². The molecule has 0 aliphatic heterocycles. The zero-order chi connectivity index (χ0) is 32.7. The fourth-order valence-electron chi connectivity index (χ4n) is 4.84. The number of carbonyl (C=O) groups excluding carboxylic acids is 1. The zero-order valence-electron chi connectivity index (χ0n) is 28.0. The molecule has 3 unspecified atom stereocenters. The number of aliphatic carboxylic acids is 1. The molecule has 0 rings (SSSR count). The van der Waals surface area contributed by atoms with Crippen LogP contribution in [0.2, 0.25) is 0 Å². The molecule has 0 aromatic carbocycles. The predicted octanol–water partition coefficient (Wildman–Crippen LogP) is 8.47. The Balaban J connectivity index is 4.30. The summed E-state index contributed by atoms with van der Waals surface area (Å²) in [6.45, 7) is 3.86. The molecule has 0 fully saturated rings. The Bertz CT molecular complexity index is 725. The molecule has 262 valence electrons. The van der Waals surface area contributed by atoms with Crippen LogP contribution in [0.4, 0.5) is 0 Å². The first-order valence-corrected chi connectivity index (χ1v) is 19.1. The minimum Gasteiger partial charge on any atom is -0.480 e. The largest absolute Gasteiger partial charge is 0.480 e. The van der Waals surface area contributed by atoms with Gasteiger partial charge in [0.1, 0.15) is 12.1 Å². The van der Waals surface area contributed by atoms with E-state index in [1.807, 2.05) is 0 Å². The molecule has 0 aliphatic rings. The first kappa shape index (κ1) is 43.0. The smallest absolute Gasteiger partial charge is 0.472 e. The van der Waals surface area contributed by atoms with Crippen LogP contribution in [0.3, 0.4) is 0 Å². The Morgan fingerprint density at radius 1 is 0.636 bits per heavy atom. The molecule has 0 spiro atoms. The van der Waals surface area contributed by atoms with Crippen LogP contribution in [0.5, 0.6) is 0 Å². The van der Waals surface area contributed by atoms with E-state index in [4.69, 9.17) is 24.8 Å². The van der Waals surface area contributed by atoms with Crippen LogP contribution in [0.25, 0.3) is 0 Å². The van der Waals surface area contributed by atoms with Crippen molar-refractivity contribution in [2.75, 3.05) is 26.4 Å². The molecule has 0 aromatic rings. The van der Waals surface area contributed by atoms with Gasteiger partial charge in [-0.1, -0.05) is 142 Å². The number of ether oxygens (including phenoxy) is 2. The van der Waals surface area contributed by atoms with Crippen molar-refractivity contribution in [1.29, 1.82) is 0 Å². The number of carboxylic acid groups (broad SMARTS) is 1. The number of esters is 1. The molecule has 4 N–H and O–H groups in total. The van der Waals surface area contributed by atoms with Crippen molar-refractivity contribution in [3.63, 3.8) is 0 Å². The molecule has 0 radical (unpaired) electrons. The minimum absolute atomic E-state index is 0.0242. The third-order valence-corrected chi connectivity index (χ3v) is 8.59. The first-order valence-electron chi connectivity index (χ1n) is 17.6. The van der Waals surface area contributed by atoms with Crippen molar-refractivity contribution in [3.8, 4) is 0 Å². The lowest BCUT2D eigenvalue weighted by atomic mass is 10.0. The molecule has 0 heterocycles. The van der Waals surface area contributed by atoms with E-state index in [9.17, 15) is 19.0 Å². The molecule has 0 aromatic heterocycles. The van der Waals surface area contributed by atoms with E-state index in [0.717, 1.165) is 38.5 Å². The van der Waals surface area contributed by atoms with Gasteiger partial charge in [0.2, 0.25) is 0 Å². The van der Waals surface area contributed by atoms with Gasteiger partial charge in [0.15, 0.2) is 0 Å². The number of nitrogens with two attached hydrogens (primary N) is 1. The summed E-state index contributed by atoms with van der Waals surface area (Å²) in [5.41, 5.74) is 5.32. The number of phosphoric acid groups is 1. The topological polar surface area (TPSA) is 155 Å². The maximum Gasteiger partial charge on any atom is 0.472 e. The molecule has 0 amide bonds. The standard InChI is InChI=1S/C33H66NO9P/c1-3-5-7-9-11-13-14-15-16-18-20-22-24-26-40-27-30(28-41-44(38,39)42-29-31(34)33(36)37)43-32(35)25-23-21-19-17-12-10-8-6-4-2/h30-31H,3-29,34H2,1-2H3,(H,36,37)(H,38,39). The van der Waals surface area contributed by atoms with Gasteiger partial charge in [-0.2, -0.15) is 0 Å². The number of carboxylic acids is 1. The molecular weight excluding hydrogens is 585 g/mol. The predicted molar refractivity (Wildman–Crippen MR) is 176 cm³/mol. The van der Waals surface area contributed by atoms with Crippen molar-refractivity contribution >= 4 is 19.8 Å². The molecule has 44 heavy (non-hydrogen) atoms. The Morgan fingerprint density at radius 3 is 1.50 bits per heavy atom. The van der Waals surface area contributed by atoms with Crippen molar-refractivity contribution in [2.45, 2.75) is 174 Å². The summed E-state index contributed by atoms with van der Waals surface area (Å²) >= 11 is 0. The third kappa shape index (κ3) is 29.7. The van der Waals surface area contributed by atoms with Crippen LogP contribution in [0, 0.1) is 0 Å². The third-order valence-electron chi connectivity index (χ3n) is 7.64. The Kier molecular flexibility index (Phi) is 29.9. The SMILES string of the molecule is CCCCCCCCCCCCCCCOCC(COP(=O)(O)OCC(N)C(=O)O)OC(=O)CCCCCCCCCCC. The zero-order valence-corrected chi connectivity index (χ0v) is 28.9. The fraction of sp³-hybridized carbons (Fsp3) is 0.939. The highest BCUT2D eigenvalue weighted by atomic mass is 31.2. The molecule has 0 bridgehead atoms. The molecule has 0 saturated heterocycles. The van der Waals surface area contributed by atoms with Gasteiger partial charge < -0.3 is 25.2 Å². The van der Waals surface area contributed by atoms with Gasteiger partial charge in [0, 0.05) is 13.0 Å². The Labute approximate surface area is 268 Å². The van der Waals surface area contributed by atoms with Crippen molar-refractivity contribution in [3.05, 3.63) is 0 Å². The summed E-state index contributed by atoms with van der Waals surface area (Å²) in [4.78, 5) is 33.2. The fourth-order valence-corrected chi connectivity index (χ4v) is 5.62. The van der Waals surface area contributed by atoms with E-state index >= 15 is 0 Å².